The minimum atomic E-state index is -0.802. The van der Waals surface area contributed by atoms with Gasteiger partial charge in [0, 0.05) is 26.7 Å². The van der Waals surface area contributed by atoms with E-state index in [4.69, 9.17) is 14.6 Å². The molecule has 0 bridgehead atoms. The highest BCUT2D eigenvalue weighted by molar-refractivity contribution is 5.67. The lowest BCUT2D eigenvalue weighted by Gasteiger charge is -2.31. The molecule has 1 heterocycles. The number of methoxy groups -OCH3 is 1. The number of morpholine rings is 1. The Morgan fingerprint density at radius 2 is 2.50 bits per heavy atom. The Balaban J connectivity index is 2.24. The zero-order valence-corrected chi connectivity index (χ0v) is 8.44. The molecule has 5 nitrogen and oxygen atoms in total. The van der Waals surface area contributed by atoms with Crippen LogP contribution in [0.3, 0.4) is 0 Å². The lowest BCUT2D eigenvalue weighted by Crippen LogP contribution is -2.44. The topological polar surface area (TPSA) is 59.0 Å². The molecule has 0 spiro atoms. The molecular weight excluding hydrogens is 186 g/mol. The highest BCUT2D eigenvalue weighted by Gasteiger charge is 2.22. The second kappa shape index (κ2) is 5.95. The number of hydrogen-bond donors (Lipinski definition) is 1. The van der Waals surface area contributed by atoms with E-state index in [-0.39, 0.29) is 12.5 Å². The van der Waals surface area contributed by atoms with Crippen molar-refractivity contribution in [3.63, 3.8) is 0 Å². The fourth-order valence-corrected chi connectivity index (χ4v) is 1.52. The van der Waals surface area contributed by atoms with E-state index in [1.807, 2.05) is 0 Å². The van der Waals surface area contributed by atoms with Gasteiger partial charge in [-0.15, -0.1) is 0 Å². The summed E-state index contributed by atoms with van der Waals surface area (Å²) >= 11 is 0. The van der Waals surface area contributed by atoms with Gasteiger partial charge in [0.15, 0.2) is 0 Å². The first-order valence-electron chi connectivity index (χ1n) is 4.77. The number of ether oxygens (including phenoxy) is 2. The zero-order chi connectivity index (χ0) is 10.4. The Morgan fingerprint density at radius 1 is 1.71 bits per heavy atom. The minimum absolute atomic E-state index is 0.0868. The van der Waals surface area contributed by atoms with Crippen molar-refractivity contribution in [3.8, 4) is 0 Å². The predicted molar refractivity (Wildman–Crippen MR) is 50.3 cm³/mol. The third kappa shape index (κ3) is 4.04. The molecule has 1 fully saturated rings. The number of nitrogens with zero attached hydrogens (tertiary/aromatic N) is 1. The molecule has 0 aromatic rings. The maximum absolute atomic E-state index is 10.5. The van der Waals surface area contributed by atoms with Crippen LogP contribution in [0.15, 0.2) is 0 Å². The standard InChI is InChI=1S/C9H17NO4/c1-13-4-2-10-3-5-14-8(7-10)6-9(11)12/h8H,2-7H2,1H3,(H,11,12). The Bertz CT molecular complexity index is 186. The Kier molecular flexibility index (Phi) is 4.86. The zero-order valence-electron chi connectivity index (χ0n) is 8.44. The Morgan fingerprint density at radius 3 is 3.14 bits per heavy atom. The van der Waals surface area contributed by atoms with Crippen LogP contribution in [0.5, 0.6) is 0 Å². The van der Waals surface area contributed by atoms with Crippen LogP contribution in [0.4, 0.5) is 0 Å². The summed E-state index contributed by atoms with van der Waals surface area (Å²) in [5, 5.41) is 8.60. The molecule has 0 aromatic carbocycles. The number of rotatable bonds is 5. The number of carboxylic acids is 1. The van der Waals surface area contributed by atoms with Crippen molar-refractivity contribution >= 4 is 5.97 Å². The molecule has 0 aromatic heterocycles. The van der Waals surface area contributed by atoms with Gasteiger partial charge in [-0.05, 0) is 0 Å². The molecule has 1 saturated heterocycles. The summed E-state index contributed by atoms with van der Waals surface area (Å²) in [4.78, 5) is 12.6. The van der Waals surface area contributed by atoms with E-state index < -0.39 is 5.97 Å². The van der Waals surface area contributed by atoms with Gasteiger partial charge in [0.25, 0.3) is 0 Å². The monoisotopic (exact) mass is 203 g/mol. The normalized spacial score (nSPS) is 23.6. The van der Waals surface area contributed by atoms with Gasteiger partial charge in [-0.1, -0.05) is 0 Å². The van der Waals surface area contributed by atoms with Crippen LogP contribution in [0.2, 0.25) is 0 Å². The van der Waals surface area contributed by atoms with Crippen LogP contribution in [-0.4, -0.2) is 62.0 Å². The number of aliphatic carboxylic acids is 1. The predicted octanol–water partition coefficient (Wildman–Crippen LogP) is -0.192. The molecule has 1 aliphatic rings. The van der Waals surface area contributed by atoms with Crippen molar-refractivity contribution in [2.75, 3.05) is 40.0 Å². The van der Waals surface area contributed by atoms with Crippen molar-refractivity contribution in [1.29, 1.82) is 0 Å². The van der Waals surface area contributed by atoms with Crippen LogP contribution in [0, 0.1) is 0 Å². The van der Waals surface area contributed by atoms with E-state index in [9.17, 15) is 4.79 Å². The number of carboxylic acid groups (broad SMARTS) is 1. The smallest absolute Gasteiger partial charge is 0.306 e. The molecule has 1 aliphatic heterocycles. The summed E-state index contributed by atoms with van der Waals surface area (Å²) in [6.07, 6.45) is -0.0816. The molecular formula is C9H17NO4. The van der Waals surface area contributed by atoms with Crippen molar-refractivity contribution in [1.82, 2.24) is 4.90 Å². The van der Waals surface area contributed by atoms with Gasteiger partial charge in [0.1, 0.15) is 0 Å². The average molecular weight is 203 g/mol. The third-order valence-electron chi connectivity index (χ3n) is 2.24. The van der Waals surface area contributed by atoms with E-state index in [0.29, 0.717) is 19.8 Å². The second-order valence-electron chi connectivity index (χ2n) is 3.38. The van der Waals surface area contributed by atoms with Crippen molar-refractivity contribution in [2.45, 2.75) is 12.5 Å². The number of carbonyl (C=O) groups is 1. The molecule has 1 rings (SSSR count). The fraction of sp³-hybridized carbons (Fsp3) is 0.889. The first-order chi connectivity index (χ1) is 6.72. The minimum Gasteiger partial charge on any atom is -0.481 e. The molecule has 5 heteroatoms. The molecule has 1 atom stereocenters. The Hall–Kier alpha value is -0.650. The van der Waals surface area contributed by atoms with Crippen LogP contribution < -0.4 is 0 Å². The number of hydrogen-bond acceptors (Lipinski definition) is 4. The van der Waals surface area contributed by atoms with Crippen LogP contribution >= 0.6 is 0 Å². The van der Waals surface area contributed by atoms with Crippen molar-refractivity contribution in [2.24, 2.45) is 0 Å². The average Bonchev–Trinajstić information content (AvgIpc) is 2.14. The van der Waals surface area contributed by atoms with Gasteiger partial charge in [0.05, 0.1) is 25.7 Å². The van der Waals surface area contributed by atoms with Gasteiger partial charge in [-0.25, -0.2) is 0 Å². The van der Waals surface area contributed by atoms with E-state index in [1.54, 1.807) is 7.11 Å². The summed E-state index contributed by atoms with van der Waals surface area (Å²) in [6.45, 7) is 3.69. The largest absolute Gasteiger partial charge is 0.481 e. The van der Waals surface area contributed by atoms with Crippen LogP contribution in [0.25, 0.3) is 0 Å². The Labute approximate surface area is 83.6 Å². The maximum atomic E-state index is 10.5. The van der Waals surface area contributed by atoms with E-state index in [0.717, 1.165) is 13.1 Å². The van der Waals surface area contributed by atoms with Gasteiger partial charge in [-0.3, -0.25) is 9.69 Å². The van der Waals surface area contributed by atoms with Crippen molar-refractivity contribution < 1.29 is 19.4 Å². The molecule has 0 amide bonds. The molecule has 0 saturated carbocycles. The van der Waals surface area contributed by atoms with E-state index >= 15 is 0 Å². The molecule has 14 heavy (non-hydrogen) atoms. The van der Waals surface area contributed by atoms with Gasteiger partial charge in [-0.2, -0.15) is 0 Å². The summed E-state index contributed by atoms with van der Waals surface area (Å²) in [6, 6.07) is 0. The second-order valence-corrected chi connectivity index (χ2v) is 3.38. The molecule has 1 N–H and O–H groups in total. The van der Waals surface area contributed by atoms with Crippen LogP contribution in [0.1, 0.15) is 6.42 Å². The molecule has 82 valence electrons. The highest BCUT2D eigenvalue weighted by Crippen LogP contribution is 2.08. The summed E-state index contributed by atoms with van der Waals surface area (Å²) in [5.74, 6) is -0.802. The summed E-state index contributed by atoms with van der Waals surface area (Å²) < 4.78 is 10.3. The lowest BCUT2D eigenvalue weighted by atomic mass is 10.2. The molecule has 0 radical (unpaired) electrons. The molecule has 0 aliphatic carbocycles. The van der Waals surface area contributed by atoms with E-state index in [2.05, 4.69) is 4.90 Å². The quantitative estimate of drug-likeness (QED) is 0.671. The van der Waals surface area contributed by atoms with Crippen LogP contribution in [-0.2, 0) is 14.3 Å². The van der Waals surface area contributed by atoms with E-state index in [1.165, 1.54) is 0 Å². The SMILES string of the molecule is COCCN1CCOC(CC(=O)O)C1. The van der Waals surface area contributed by atoms with Gasteiger partial charge >= 0.3 is 5.97 Å². The fourth-order valence-electron chi connectivity index (χ4n) is 1.52. The summed E-state index contributed by atoms with van der Waals surface area (Å²) in [7, 11) is 1.66. The maximum Gasteiger partial charge on any atom is 0.306 e. The van der Waals surface area contributed by atoms with Gasteiger partial charge < -0.3 is 14.6 Å². The molecule has 1 unspecified atom stereocenters. The lowest BCUT2D eigenvalue weighted by molar-refractivity contribution is -0.142. The third-order valence-corrected chi connectivity index (χ3v) is 2.24. The first-order valence-corrected chi connectivity index (χ1v) is 4.77. The van der Waals surface area contributed by atoms with Crippen molar-refractivity contribution in [3.05, 3.63) is 0 Å². The highest BCUT2D eigenvalue weighted by atomic mass is 16.5. The van der Waals surface area contributed by atoms with Gasteiger partial charge in [0.2, 0.25) is 0 Å². The first kappa shape index (κ1) is 11.4. The summed E-state index contributed by atoms with van der Waals surface area (Å²) in [5.41, 5.74) is 0.